The van der Waals surface area contributed by atoms with Crippen LogP contribution in [0.15, 0.2) is 24.4 Å². The quantitative estimate of drug-likeness (QED) is 0.576. The summed E-state index contributed by atoms with van der Waals surface area (Å²) in [6.45, 7) is 0.923. The van der Waals surface area contributed by atoms with E-state index in [1.807, 2.05) is 0 Å². The number of halogens is 1. The molecule has 1 fully saturated rings. The lowest BCUT2D eigenvalue weighted by atomic mass is 9.98. The van der Waals surface area contributed by atoms with Gasteiger partial charge in [-0.05, 0) is 43.7 Å². The number of carbonyl (C=O) groups is 1. The molecule has 1 aromatic heterocycles. The summed E-state index contributed by atoms with van der Waals surface area (Å²) < 4.78 is 19.8. The van der Waals surface area contributed by atoms with Crippen molar-refractivity contribution in [1.82, 2.24) is 10.3 Å². The second-order valence-corrected chi connectivity index (χ2v) is 6.24. The zero-order valence-electron chi connectivity index (χ0n) is 14.3. The maximum absolute atomic E-state index is 14.5. The molecule has 0 radical (unpaired) electrons. The second kappa shape index (κ2) is 6.70. The van der Waals surface area contributed by atoms with Crippen LogP contribution in [0.2, 0.25) is 0 Å². The molecular weight excluding hydrogens is 333 g/mol. The molecule has 1 atom stereocenters. The second-order valence-electron chi connectivity index (χ2n) is 6.24. The van der Waals surface area contributed by atoms with Crippen molar-refractivity contribution in [3.63, 3.8) is 0 Å². The lowest BCUT2D eigenvalue weighted by molar-refractivity contribution is -0.110. The predicted octanol–water partition coefficient (Wildman–Crippen LogP) is 2.76. The Hall–Kier alpha value is -3.04. The molecule has 2 aliphatic heterocycles. The highest BCUT2D eigenvalue weighted by Crippen LogP contribution is 2.37. The van der Waals surface area contributed by atoms with Crippen molar-refractivity contribution < 1.29 is 13.9 Å². The van der Waals surface area contributed by atoms with Gasteiger partial charge in [0, 0.05) is 11.8 Å². The van der Waals surface area contributed by atoms with Crippen LogP contribution in [0.25, 0.3) is 11.6 Å². The Morgan fingerprint density at radius 3 is 3.00 bits per heavy atom. The van der Waals surface area contributed by atoms with Gasteiger partial charge in [-0.15, -0.1) is 0 Å². The van der Waals surface area contributed by atoms with Gasteiger partial charge in [0.25, 0.3) is 5.91 Å². The lowest BCUT2D eigenvalue weighted by Gasteiger charge is -2.05. The van der Waals surface area contributed by atoms with Crippen LogP contribution < -0.4 is 15.4 Å². The summed E-state index contributed by atoms with van der Waals surface area (Å²) in [5.41, 5.74) is 2.32. The molecule has 0 bridgehead atoms. The highest BCUT2D eigenvalue weighted by Gasteiger charge is 2.29. The molecule has 1 saturated heterocycles. The molecule has 3 heterocycles. The van der Waals surface area contributed by atoms with Crippen LogP contribution in [-0.4, -0.2) is 30.6 Å². The van der Waals surface area contributed by atoms with Crippen LogP contribution >= 0.6 is 0 Å². The number of rotatable bonds is 2. The van der Waals surface area contributed by atoms with Crippen molar-refractivity contribution in [2.24, 2.45) is 0 Å². The van der Waals surface area contributed by atoms with Crippen LogP contribution in [0.5, 0.6) is 5.75 Å². The Morgan fingerprint density at radius 2 is 2.23 bits per heavy atom. The number of hydrogen-bond acceptors (Lipinski definition) is 3. The van der Waals surface area contributed by atoms with Crippen LogP contribution in [0.1, 0.15) is 29.7 Å². The smallest absolute Gasteiger partial charge is 0.256 e. The first-order valence-corrected chi connectivity index (χ1v) is 8.49. The van der Waals surface area contributed by atoms with Gasteiger partial charge < -0.3 is 20.4 Å². The number of ether oxygens (including phenoxy) is 1. The fourth-order valence-corrected chi connectivity index (χ4v) is 3.29. The topological polar surface area (TPSA) is 66.2 Å². The molecule has 1 amide bonds. The van der Waals surface area contributed by atoms with Gasteiger partial charge in [0.15, 0.2) is 0 Å². The Balaban J connectivity index is 1.82. The Bertz CT molecular complexity index is 959. The summed E-state index contributed by atoms with van der Waals surface area (Å²) >= 11 is 0. The third-order valence-corrected chi connectivity index (χ3v) is 4.60. The summed E-state index contributed by atoms with van der Waals surface area (Å²) in [6, 6.07) is 4.72. The molecule has 2 aliphatic rings. The van der Waals surface area contributed by atoms with Gasteiger partial charge in [-0.1, -0.05) is 11.8 Å². The standard InChI is InChI=1S/C20H18FN3O2/c1-26-18-8-10-23-17(18)11-14-19-13(5-4-12-3-2-9-22-12)15(21)6-7-16(19)24-20(14)25/h6-8,10-12,22-23H,2-3,9H2,1H3,(H,24,25)/t12-/m0/s1. The number of hydrogen-bond donors (Lipinski definition) is 3. The Kier molecular flexibility index (Phi) is 4.23. The van der Waals surface area contributed by atoms with Crippen molar-refractivity contribution in [2.45, 2.75) is 18.9 Å². The van der Waals surface area contributed by atoms with Crippen molar-refractivity contribution >= 4 is 23.2 Å². The maximum Gasteiger partial charge on any atom is 0.256 e. The normalized spacial score (nSPS) is 19.8. The highest BCUT2D eigenvalue weighted by atomic mass is 19.1. The lowest BCUT2D eigenvalue weighted by Crippen LogP contribution is -2.18. The van der Waals surface area contributed by atoms with Gasteiger partial charge in [-0.3, -0.25) is 4.79 Å². The molecule has 2 aromatic rings. The largest absolute Gasteiger partial charge is 0.495 e. The van der Waals surface area contributed by atoms with Gasteiger partial charge in [0.05, 0.1) is 35.7 Å². The molecule has 1 aromatic carbocycles. The molecule has 0 aliphatic carbocycles. The number of H-pyrrole nitrogens is 1. The van der Waals surface area contributed by atoms with E-state index in [-0.39, 0.29) is 17.5 Å². The molecule has 0 unspecified atom stereocenters. The molecule has 3 N–H and O–H groups in total. The maximum atomic E-state index is 14.5. The van der Waals surface area contributed by atoms with E-state index in [1.54, 1.807) is 31.5 Å². The van der Waals surface area contributed by atoms with E-state index in [9.17, 15) is 9.18 Å². The number of nitrogens with one attached hydrogen (secondary N) is 3. The van der Waals surface area contributed by atoms with Crippen LogP contribution in [0, 0.1) is 17.7 Å². The van der Waals surface area contributed by atoms with Gasteiger partial charge >= 0.3 is 0 Å². The molecule has 0 saturated carbocycles. The molecule has 5 nitrogen and oxygen atoms in total. The minimum atomic E-state index is -0.435. The molecule has 0 spiro atoms. The predicted molar refractivity (Wildman–Crippen MR) is 98.1 cm³/mol. The van der Waals surface area contributed by atoms with E-state index < -0.39 is 5.82 Å². The zero-order valence-corrected chi connectivity index (χ0v) is 14.3. The summed E-state index contributed by atoms with van der Waals surface area (Å²) in [5.74, 6) is 5.92. The number of amides is 1. The number of aromatic amines is 1. The minimum Gasteiger partial charge on any atom is -0.495 e. The van der Waals surface area contributed by atoms with Gasteiger partial charge in [0.1, 0.15) is 11.6 Å². The first-order chi connectivity index (χ1) is 12.7. The summed E-state index contributed by atoms with van der Waals surface area (Å²) in [4.78, 5) is 15.5. The van der Waals surface area contributed by atoms with Gasteiger partial charge in [0.2, 0.25) is 0 Å². The summed E-state index contributed by atoms with van der Waals surface area (Å²) in [6.07, 6.45) is 5.39. The summed E-state index contributed by atoms with van der Waals surface area (Å²) in [5, 5.41) is 6.05. The van der Waals surface area contributed by atoms with E-state index in [4.69, 9.17) is 4.74 Å². The SMILES string of the molecule is COc1cc[nH]c1C=C1C(=O)Nc2ccc(F)c(C#C[C@@H]3CCCN3)c21. The number of aromatic nitrogens is 1. The van der Waals surface area contributed by atoms with E-state index in [0.29, 0.717) is 28.3 Å². The third kappa shape index (κ3) is 2.87. The molecular formula is C20H18FN3O2. The fourth-order valence-electron chi connectivity index (χ4n) is 3.29. The molecule has 6 heteroatoms. The van der Waals surface area contributed by atoms with E-state index in [0.717, 1.165) is 19.4 Å². The number of carbonyl (C=O) groups excluding carboxylic acids is 1. The monoisotopic (exact) mass is 351 g/mol. The molecule has 4 rings (SSSR count). The van der Waals surface area contributed by atoms with Crippen LogP contribution in [0.3, 0.4) is 0 Å². The van der Waals surface area contributed by atoms with Gasteiger partial charge in [-0.2, -0.15) is 0 Å². The first-order valence-electron chi connectivity index (χ1n) is 8.49. The minimum absolute atomic E-state index is 0.0613. The summed E-state index contributed by atoms with van der Waals surface area (Å²) in [7, 11) is 1.55. The van der Waals surface area contributed by atoms with E-state index >= 15 is 0 Å². The van der Waals surface area contributed by atoms with Crippen molar-refractivity contribution in [3.05, 3.63) is 47.0 Å². The molecule has 26 heavy (non-hydrogen) atoms. The van der Waals surface area contributed by atoms with Crippen molar-refractivity contribution in [3.8, 4) is 17.6 Å². The zero-order chi connectivity index (χ0) is 18.1. The first kappa shape index (κ1) is 16.4. The fraction of sp³-hybridized carbons (Fsp3) is 0.250. The average molecular weight is 351 g/mol. The number of fused-ring (bicyclic) bond motifs is 1. The van der Waals surface area contributed by atoms with E-state index in [1.165, 1.54) is 6.07 Å². The van der Waals surface area contributed by atoms with Crippen molar-refractivity contribution in [1.29, 1.82) is 0 Å². The van der Waals surface area contributed by atoms with Crippen LogP contribution in [0.4, 0.5) is 10.1 Å². The third-order valence-electron chi connectivity index (χ3n) is 4.60. The average Bonchev–Trinajstić information content (AvgIpc) is 3.36. The molecule has 132 valence electrons. The Morgan fingerprint density at radius 1 is 1.35 bits per heavy atom. The van der Waals surface area contributed by atoms with Crippen molar-refractivity contribution in [2.75, 3.05) is 19.0 Å². The van der Waals surface area contributed by atoms with E-state index in [2.05, 4.69) is 27.5 Å². The number of benzene rings is 1. The number of anilines is 1. The van der Waals surface area contributed by atoms with Crippen LogP contribution in [-0.2, 0) is 4.79 Å². The highest BCUT2D eigenvalue weighted by molar-refractivity contribution is 6.35. The Labute approximate surface area is 150 Å². The van der Waals surface area contributed by atoms with Gasteiger partial charge in [-0.25, -0.2) is 4.39 Å². The number of methoxy groups -OCH3 is 1.